The molecule has 2 aromatic carbocycles. The molecule has 3 rings (SSSR count). The van der Waals surface area contributed by atoms with Gasteiger partial charge in [0, 0.05) is 0 Å². The van der Waals surface area contributed by atoms with Crippen molar-refractivity contribution >= 4 is 30.7 Å². The predicted molar refractivity (Wildman–Crippen MR) is 113 cm³/mol. The van der Waals surface area contributed by atoms with Gasteiger partial charge in [-0.15, -0.1) is 0 Å². The lowest BCUT2D eigenvalue weighted by Crippen LogP contribution is -2.67. The fraction of sp³-hybridized carbons (Fsp3) is 0.364. The Labute approximate surface area is 171 Å². The van der Waals surface area contributed by atoms with Crippen molar-refractivity contribution < 1.29 is 24.2 Å². The first-order valence-corrected chi connectivity index (χ1v) is 11.6. The number of aliphatic hydroxyl groups is 1. The SMILES string of the molecule is CC(C)(C)[Si](OCC1C(O)CC(=O)N1C(=O)O)(c1ccccc1)c1ccccc1. The third-order valence-corrected chi connectivity index (χ3v) is 10.5. The number of aliphatic hydroxyl groups excluding tert-OH is 1. The summed E-state index contributed by atoms with van der Waals surface area (Å²) in [7, 11) is -2.87. The highest BCUT2D eigenvalue weighted by Crippen LogP contribution is 2.37. The minimum atomic E-state index is -2.87. The van der Waals surface area contributed by atoms with Crippen LogP contribution in [-0.4, -0.2) is 54.2 Å². The Kier molecular flexibility index (Phi) is 5.93. The first kappa shape index (κ1) is 21.2. The summed E-state index contributed by atoms with van der Waals surface area (Å²) < 4.78 is 6.67. The van der Waals surface area contributed by atoms with Crippen molar-refractivity contribution in [3.63, 3.8) is 0 Å². The molecule has 2 unspecified atom stereocenters. The molecule has 1 saturated heterocycles. The average molecular weight is 414 g/mol. The van der Waals surface area contributed by atoms with Gasteiger partial charge in [0.1, 0.15) is 0 Å². The van der Waals surface area contributed by atoms with Gasteiger partial charge in [-0.2, -0.15) is 0 Å². The van der Waals surface area contributed by atoms with Gasteiger partial charge >= 0.3 is 6.09 Å². The fourth-order valence-electron chi connectivity index (χ4n) is 4.18. The van der Waals surface area contributed by atoms with Crippen LogP contribution in [0.2, 0.25) is 5.04 Å². The second kappa shape index (κ2) is 8.10. The van der Waals surface area contributed by atoms with E-state index in [1.165, 1.54) is 0 Å². The molecule has 1 aliphatic rings. The number of hydrogen-bond acceptors (Lipinski definition) is 4. The van der Waals surface area contributed by atoms with Crippen molar-refractivity contribution in [3.05, 3.63) is 60.7 Å². The predicted octanol–water partition coefficient (Wildman–Crippen LogP) is 2.20. The van der Waals surface area contributed by atoms with Crippen LogP contribution in [0.25, 0.3) is 0 Å². The summed E-state index contributed by atoms with van der Waals surface area (Å²) in [5, 5.41) is 21.6. The summed E-state index contributed by atoms with van der Waals surface area (Å²) in [6.07, 6.45) is -2.64. The van der Waals surface area contributed by atoms with Gasteiger partial charge in [0.05, 0.1) is 25.2 Å². The molecule has 2 aromatic rings. The highest BCUT2D eigenvalue weighted by Gasteiger charge is 2.52. The molecule has 1 aliphatic heterocycles. The van der Waals surface area contributed by atoms with Crippen LogP contribution in [0.15, 0.2) is 60.7 Å². The molecule has 0 bridgehead atoms. The normalized spacial score (nSPS) is 20.1. The van der Waals surface area contributed by atoms with Gasteiger partial charge in [0.25, 0.3) is 8.32 Å². The molecule has 29 heavy (non-hydrogen) atoms. The molecule has 2 amide bonds. The maximum absolute atomic E-state index is 12.0. The monoisotopic (exact) mass is 413 g/mol. The largest absolute Gasteiger partial charge is 0.465 e. The van der Waals surface area contributed by atoms with E-state index in [2.05, 4.69) is 20.8 Å². The Morgan fingerprint density at radius 2 is 1.55 bits per heavy atom. The summed E-state index contributed by atoms with van der Waals surface area (Å²) in [5.41, 5.74) is 0. The van der Waals surface area contributed by atoms with Crippen LogP contribution in [0.3, 0.4) is 0 Å². The molecule has 0 saturated carbocycles. The number of amides is 2. The molecule has 0 aliphatic carbocycles. The van der Waals surface area contributed by atoms with E-state index in [0.29, 0.717) is 4.90 Å². The van der Waals surface area contributed by atoms with Crippen LogP contribution < -0.4 is 10.4 Å². The number of carbonyl (C=O) groups is 2. The smallest absolute Gasteiger partial charge is 0.414 e. The van der Waals surface area contributed by atoms with Crippen molar-refractivity contribution in [2.24, 2.45) is 0 Å². The molecular weight excluding hydrogens is 386 g/mol. The van der Waals surface area contributed by atoms with Crippen molar-refractivity contribution in [2.75, 3.05) is 6.61 Å². The molecule has 6 nitrogen and oxygen atoms in total. The van der Waals surface area contributed by atoms with E-state index in [4.69, 9.17) is 4.43 Å². The van der Waals surface area contributed by atoms with Crippen LogP contribution in [0, 0.1) is 0 Å². The summed E-state index contributed by atoms with van der Waals surface area (Å²) in [5.74, 6) is -0.596. The van der Waals surface area contributed by atoms with Crippen LogP contribution in [0.5, 0.6) is 0 Å². The lowest BCUT2D eigenvalue weighted by Gasteiger charge is -2.44. The quantitative estimate of drug-likeness (QED) is 0.734. The number of likely N-dealkylation sites (tertiary alicyclic amines) is 1. The number of carboxylic acid groups (broad SMARTS) is 1. The standard InChI is InChI=1S/C22H27NO5Si/c1-22(2,3)29(16-10-6-4-7-11-16,17-12-8-5-9-13-17)28-15-18-19(24)14-20(25)23(18)21(26)27/h4-13,18-19,24H,14-15H2,1-3H3,(H,26,27). The highest BCUT2D eigenvalue weighted by atomic mass is 28.4. The van der Waals surface area contributed by atoms with E-state index in [9.17, 15) is 19.8 Å². The number of carbonyl (C=O) groups excluding carboxylic acids is 1. The van der Waals surface area contributed by atoms with Crippen molar-refractivity contribution in [2.45, 2.75) is 44.4 Å². The van der Waals surface area contributed by atoms with Crippen molar-refractivity contribution in [3.8, 4) is 0 Å². The molecule has 2 atom stereocenters. The van der Waals surface area contributed by atoms with E-state index in [-0.39, 0.29) is 18.1 Å². The Bertz CT molecular complexity index is 826. The maximum Gasteiger partial charge on any atom is 0.414 e. The van der Waals surface area contributed by atoms with Crippen LogP contribution in [0.1, 0.15) is 27.2 Å². The van der Waals surface area contributed by atoms with Crippen LogP contribution in [0.4, 0.5) is 4.79 Å². The summed E-state index contributed by atoms with van der Waals surface area (Å²) in [4.78, 5) is 24.3. The van der Waals surface area contributed by atoms with E-state index < -0.39 is 32.5 Å². The average Bonchev–Trinajstić information content (AvgIpc) is 2.96. The zero-order chi connectivity index (χ0) is 21.2. The van der Waals surface area contributed by atoms with E-state index in [0.717, 1.165) is 10.4 Å². The van der Waals surface area contributed by atoms with Crippen LogP contribution in [-0.2, 0) is 9.22 Å². The first-order valence-electron chi connectivity index (χ1n) is 9.66. The van der Waals surface area contributed by atoms with Gasteiger partial charge in [-0.25, -0.2) is 9.69 Å². The van der Waals surface area contributed by atoms with Gasteiger partial charge in [0.2, 0.25) is 5.91 Å². The molecule has 7 heteroatoms. The number of benzene rings is 2. The van der Waals surface area contributed by atoms with Crippen LogP contribution >= 0.6 is 0 Å². The third-order valence-electron chi connectivity index (χ3n) is 5.52. The van der Waals surface area contributed by atoms with Crippen molar-refractivity contribution in [1.82, 2.24) is 4.90 Å². The number of imide groups is 1. The summed E-state index contributed by atoms with van der Waals surface area (Å²) in [6.45, 7) is 6.30. The maximum atomic E-state index is 12.0. The highest BCUT2D eigenvalue weighted by molar-refractivity contribution is 6.99. The second-order valence-corrected chi connectivity index (χ2v) is 12.7. The van der Waals surface area contributed by atoms with E-state index in [1.807, 2.05) is 60.7 Å². The lowest BCUT2D eigenvalue weighted by molar-refractivity contribution is -0.127. The Balaban J connectivity index is 2.07. The first-order chi connectivity index (χ1) is 13.7. The summed E-state index contributed by atoms with van der Waals surface area (Å²) >= 11 is 0. The molecule has 0 aromatic heterocycles. The third kappa shape index (κ3) is 3.85. The number of rotatable bonds is 5. The van der Waals surface area contributed by atoms with E-state index >= 15 is 0 Å². The van der Waals surface area contributed by atoms with Gasteiger partial charge in [-0.1, -0.05) is 81.4 Å². The van der Waals surface area contributed by atoms with Crippen molar-refractivity contribution in [1.29, 1.82) is 0 Å². The number of nitrogens with zero attached hydrogens (tertiary/aromatic N) is 1. The van der Waals surface area contributed by atoms with Gasteiger partial charge in [-0.05, 0) is 15.4 Å². The molecule has 1 fully saturated rings. The Hall–Kier alpha value is -2.48. The molecular formula is C22H27NO5Si. The fourth-order valence-corrected chi connectivity index (χ4v) is 8.75. The zero-order valence-corrected chi connectivity index (χ0v) is 17.9. The minimum absolute atomic E-state index is 0.0491. The van der Waals surface area contributed by atoms with Gasteiger partial charge < -0.3 is 14.6 Å². The topological polar surface area (TPSA) is 87.1 Å². The van der Waals surface area contributed by atoms with E-state index in [1.54, 1.807) is 0 Å². The number of hydrogen-bond donors (Lipinski definition) is 2. The lowest BCUT2D eigenvalue weighted by atomic mass is 10.2. The molecule has 0 spiro atoms. The molecule has 2 N–H and O–H groups in total. The van der Waals surface area contributed by atoms with Gasteiger partial charge in [-0.3, -0.25) is 4.79 Å². The molecule has 0 radical (unpaired) electrons. The molecule has 1 heterocycles. The Morgan fingerprint density at radius 1 is 1.07 bits per heavy atom. The Morgan fingerprint density at radius 3 is 1.97 bits per heavy atom. The summed E-state index contributed by atoms with van der Waals surface area (Å²) in [6, 6.07) is 19.0. The van der Waals surface area contributed by atoms with Gasteiger partial charge in [0.15, 0.2) is 0 Å². The second-order valence-electron chi connectivity index (χ2n) is 8.36. The zero-order valence-electron chi connectivity index (χ0n) is 16.9. The molecule has 154 valence electrons. The minimum Gasteiger partial charge on any atom is -0.465 e.